The van der Waals surface area contributed by atoms with Crippen LogP contribution in [0.15, 0.2) is 65.5 Å². The van der Waals surface area contributed by atoms with Crippen molar-refractivity contribution < 1.29 is 4.79 Å². The normalized spacial score (nSPS) is 10.4. The Bertz CT molecular complexity index is 1210. The highest BCUT2D eigenvalue weighted by molar-refractivity contribution is 7.18. The number of H-pyrrole nitrogens is 1. The fraction of sp³-hybridized carbons (Fsp3) is 0.130. The van der Waals surface area contributed by atoms with Crippen LogP contribution in [0.2, 0.25) is 4.34 Å². The smallest absolute Gasteiger partial charge is 0.249 e. The van der Waals surface area contributed by atoms with E-state index in [1.807, 2.05) is 51.1 Å². The number of thiophene rings is 1. The lowest BCUT2D eigenvalue weighted by atomic mass is 9.97. The van der Waals surface area contributed by atoms with E-state index in [9.17, 15) is 9.59 Å². The first-order valence-electron chi connectivity index (χ1n) is 9.05. The molecule has 3 nitrogen and oxygen atoms in total. The van der Waals surface area contributed by atoms with Gasteiger partial charge in [-0.3, -0.25) is 9.59 Å². The van der Waals surface area contributed by atoms with E-state index >= 15 is 0 Å². The van der Waals surface area contributed by atoms with Crippen molar-refractivity contribution in [2.45, 2.75) is 20.8 Å². The van der Waals surface area contributed by atoms with Crippen LogP contribution in [-0.2, 0) is 0 Å². The maximum Gasteiger partial charge on any atom is 0.249 e. The van der Waals surface area contributed by atoms with E-state index < -0.39 is 0 Å². The number of nitrogens with one attached hydrogen (secondary N) is 1. The van der Waals surface area contributed by atoms with Crippen molar-refractivity contribution in [3.8, 4) is 11.1 Å². The Morgan fingerprint density at radius 3 is 2.46 bits per heavy atom. The molecule has 4 rings (SSSR count). The summed E-state index contributed by atoms with van der Waals surface area (Å²) in [4.78, 5) is 28.3. The molecule has 0 saturated carbocycles. The molecule has 0 aliphatic rings. The highest BCUT2D eigenvalue weighted by Gasteiger charge is 2.14. The Kier molecular flexibility index (Phi) is 6.12. The van der Waals surface area contributed by atoms with Gasteiger partial charge in [-0.15, -0.1) is 11.3 Å². The van der Waals surface area contributed by atoms with Crippen LogP contribution < -0.4 is 5.56 Å². The highest BCUT2D eigenvalue weighted by Crippen LogP contribution is 2.29. The Hall–Kier alpha value is -2.69. The van der Waals surface area contributed by atoms with E-state index in [4.69, 9.17) is 11.6 Å². The van der Waals surface area contributed by atoms with Crippen molar-refractivity contribution in [1.29, 1.82) is 0 Å². The standard InChI is InChI=1S/C21H14ClNO2S.C2H6/c1-12-3-2-4-13(9-12)15-11-20(24)23-17-6-5-14(10-16(15)17)21(25)18-7-8-19(22)26-18;1-2/h2-11H,1H3,(H,23,24);1-2H3. The zero-order valence-corrected chi connectivity index (χ0v) is 17.4. The summed E-state index contributed by atoms with van der Waals surface area (Å²) >= 11 is 7.21. The van der Waals surface area contributed by atoms with Gasteiger partial charge in [0.05, 0.1) is 9.21 Å². The van der Waals surface area contributed by atoms with Crippen LogP contribution >= 0.6 is 22.9 Å². The molecule has 0 bridgehead atoms. The Labute approximate surface area is 172 Å². The van der Waals surface area contributed by atoms with Crippen molar-refractivity contribution in [2.75, 3.05) is 0 Å². The quantitative estimate of drug-likeness (QED) is 0.394. The second-order valence-corrected chi connectivity index (χ2v) is 7.83. The fourth-order valence-corrected chi connectivity index (χ4v) is 4.03. The first-order chi connectivity index (χ1) is 13.5. The molecule has 0 saturated heterocycles. The molecule has 2 heterocycles. The zero-order chi connectivity index (χ0) is 20.3. The molecule has 0 fully saturated rings. The van der Waals surface area contributed by atoms with Gasteiger partial charge in [-0.05, 0) is 48.4 Å². The molecule has 0 spiro atoms. The van der Waals surface area contributed by atoms with Gasteiger partial charge in [0.25, 0.3) is 0 Å². The van der Waals surface area contributed by atoms with Crippen LogP contribution in [0.25, 0.3) is 22.0 Å². The van der Waals surface area contributed by atoms with E-state index in [2.05, 4.69) is 4.98 Å². The SMILES string of the molecule is CC.Cc1cccc(-c2cc(=O)[nH]c3ccc(C(=O)c4ccc(Cl)s4)cc23)c1. The Balaban J connectivity index is 0.00000109. The van der Waals surface area contributed by atoms with Crippen molar-refractivity contribution in [3.63, 3.8) is 0 Å². The fourth-order valence-electron chi connectivity index (χ4n) is 3.03. The van der Waals surface area contributed by atoms with Gasteiger partial charge >= 0.3 is 0 Å². The van der Waals surface area contributed by atoms with Gasteiger partial charge in [0.2, 0.25) is 11.3 Å². The predicted octanol–water partition coefficient (Wildman–Crippen LogP) is 6.48. The predicted molar refractivity (Wildman–Crippen MR) is 119 cm³/mol. The molecule has 142 valence electrons. The molecule has 28 heavy (non-hydrogen) atoms. The van der Waals surface area contributed by atoms with E-state index in [1.165, 1.54) is 11.3 Å². The summed E-state index contributed by atoms with van der Waals surface area (Å²) in [5, 5.41) is 0.837. The Morgan fingerprint density at radius 2 is 1.79 bits per heavy atom. The third-order valence-corrected chi connectivity index (χ3v) is 5.46. The monoisotopic (exact) mass is 409 g/mol. The number of halogens is 1. The summed E-state index contributed by atoms with van der Waals surface area (Å²) in [5.74, 6) is -0.0785. The van der Waals surface area contributed by atoms with Gasteiger partial charge < -0.3 is 4.98 Å². The average molecular weight is 410 g/mol. The number of ketones is 1. The van der Waals surface area contributed by atoms with Gasteiger partial charge in [-0.1, -0.05) is 55.3 Å². The third kappa shape index (κ3) is 4.08. The molecular weight excluding hydrogens is 390 g/mol. The first kappa shape index (κ1) is 20.1. The second kappa shape index (κ2) is 8.55. The Morgan fingerprint density at radius 1 is 1.00 bits per heavy atom. The van der Waals surface area contributed by atoms with Gasteiger partial charge in [0, 0.05) is 22.5 Å². The number of hydrogen-bond acceptors (Lipinski definition) is 3. The van der Waals surface area contributed by atoms with Crippen LogP contribution in [-0.4, -0.2) is 10.8 Å². The topological polar surface area (TPSA) is 49.9 Å². The molecule has 2 aromatic heterocycles. The summed E-state index contributed by atoms with van der Waals surface area (Å²) in [7, 11) is 0. The summed E-state index contributed by atoms with van der Waals surface area (Å²) in [6.45, 7) is 6.01. The van der Waals surface area contributed by atoms with Crippen LogP contribution in [0.4, 0.5) is 0 Å². The zero-order valence-electron chi connectivity index (χ0n) is 15.9. The third-order valence-electron chi connectivity index (χ3n) is 4.23. The second-order valence-electron chi connectivity index (χ2n) is 6.11. The molecule has 0 aliphatic heterocycles. The molecule has 0 amide bonds. The minimum atomic E-state index is -0.168. The molecule has 2 aromatic carbocycles. The molecule has 5 heteroatoms. The number of hydrogen-bond donors (Lipinski definition) is 1. The number of aromatic nitrogens is 1. The molecule has 0 atom stereocenters. The number of pyridine rings is 1. The van der Waals surface area contributed by atoms with Crippen molar-refractivity contribution in [1.82, 2.24) is 4.98 Å². The van der Waals surface area contributed by atoms with Gasteiger partial charge in [0.15, 0.2) is 0 Å². The number of rotatable bonds is 3. The van der Waals surface area contributed by atoms with Crippen molar-refractivity contribution >= 4 is 39.6 Å². The minimum absolute atomic E-state index is 0.0785. The maximum absolute atomic E-state index is 12.8. The highest BCUT2D eigenvalue weighted by atomic mass is 35.5. The van der Waals surface area contributed by atoms with E-state index in [0.717, 1.165) is 22.1 Å². The van der Waals surface area contributed by atoms with Gasteiger partial charge in [0.1, 0.15) is 0 Å². The number of aromatic amines is 1. The maximum atomic E-state index is 12.8. The van der Waals surface area contributed by atoms with E-state index in [1.54, 1.807) is 30.3 Å². The van der Waals surface area contributed by atoms with Gasteiger partial charge in [-0.2, -0.15) is 0 Å². The average Bonchev–Trinajstić information content (AvgIpc) is 3.14. The molecule has 4 aromatic rings. The number of aryl methyl sites for hydroxylation is 1. The summed E-state index contributed by atoms with van der Waals surface area (Å²) in [6.07, 6.45) is 0. The minimum Gasteiger partial charge on any atom is -0.322 e. The van der Waals surface area contributed by atoms with Crippen LogP contribution in [0.5, 0.6) is 0 Å². The lowest BCUT2D eigenvalue weighted by Crippen LogP contribution is -2.06. The van der Waals surface area contributed by atoms with E-state index in [-0.39, 0.29) is 11.3 Å². The van der Waals surface area contributed by atoms with Crippen molar-refractivity contribution in [2.24, 2.45) is 0 Å². The number of carbonyl (C=O) groups excluding carboxylic acids is 1. The van der Waals surface area contributed by atoms with Crippen LogP contribution in [0.1, 0.15) is 34.6 Å². The van der Waals surface area contributed by atoms with E-state index in [0.29, 0.717) is 20.3 Å². The molecular formula is C23H20ClNO2S. The number of carbonyl (C=O) groups is 1. The van der Waals surface area contributed by atoms with Gasteiger partial charge in [-0.25, -0.2) is 0 Å². The van der Waals surface area contributed by atoms with Crippen LogP contribution in [0, 0.1) is 6.92 Å². The molecule has 0 aliphatic carbocycles. The lowest BCUT2D eigenvalue weighted by molar-refractivity contribution is 0.104. The largest absolute Gasteiger partial charge is 0.322 e. The summed E-state index contributed by atoms with van der Waals surface area (Å²) in [6, 6.07) is 18.3. The summed E-state index contributed by atoms with van der Waals surface area (Å²) < 4.78 is 0.582. The first-order valence-corrected chi connectivity index (χ1v) is 10.2. The van der Waals surface area contributed by atoms with Crippen LogP contribution in [0.3, 0.4) is 0 Å². The lowest BCUT2D eigenvalue weighted by Gasteiger charge is -2.09. The van der Waals surface area contributed by atoms with Crippen molar-refractivity contribution in [3.05, 3.63) is 91.4 Å². The summed E-state index contributed by atoms with van der Waals surface area (Å²) in [5.41, 5.74) is 3.97. The number of fused-ring (bicyclic) bond motifs is 1. The molecule has 1 N–H and O–H groups in total. The molecule has 0 radical (unpaired) electrons. The number of benzene rings is 2. The molecule has 0 unspecified atom stereocenters.